The maximum absolute atomic E-state index is 6.03. The highest BCUT2D eigenvalue weighted by atomic mass is 15.2. The molecular formula is C8H17N2+. The summed E-state index contributed by atoms with van der Waals surface area (Å²) in [6.07, 6.45) is 1.98. The number of likely N-dealkylation sites (tertiary alicyclic amines) is 1. The Hall–Kier alpha value is -0.340. The fourth-order valence-corrected chi connectivity index (χ4v) is 1.81. The van der Waals surface area contributed by atoms with Crippen molar-refractivity contribution in [3.8, 4) is 0 Å². The molecule has 0 spiro atoms. The van der Waals surface area contributed by atoms with E-state index in [1.165, 1.54) is 4.90 Å². The van der Waals surface area contributed by atoms with Crippen molar-refractivity contribution >= 4 is 0 Å². The lowest BCUT2D eigenvalue weighted by molar-refractivity contribution is -0.868. The number of likely N-dealkylation sites (N-methyl/N-ethyl adjacent to an activating group) is 1. The SMILES string of the molecule is C=C[C@@H]1C[NH+](C)C[C@@]1(C)N. The molecule has 1 rings (SSSR count). The summed E-state index contributed by atoms with van der Waals surface area (Å²) in [5.74, 6) is 0.493. The minimum Gasteiger partial charge on any atom is -0.335 e. The Morgan fingerprint density at radius 2 is 2.40 bits per heavy atom. The predicted octanol–water partition coefficient (Wildman–Crippen LogP) is -0.966. The lowest BCUT2D eigenvalue weighted by Crippen LogP contribution is -3.08. The molecule has 1 aliphatic rings. The van der Waals surface area contributed by atoms with Crippen LogP contribution in [0.1, 0.15) is 6.92 Å². The van der Waals surface area contributed by atoms with Gasteiger partial charge in [0.15, 0.2) is 0 Å². The van der Waals surface area contributed by atoms with Crippen LogP contribution in [0.4, 0.5) is 0 Å². The van der Waals surface area contributed by atoms with Gasteiger partial charge in [0.2, 0.25) is 0 Å². The minimum atomic E-state index is -0.0220. The monoisotopic (exact) mass is 141 g/mol. The Bertz CT molecular complexity index is 140. The number of nitrogens with two attached hydrogens (primary N) is 1. The summed E-state index contributed by atoms with van der Waals surface area (Å²) in [6.45, 7) is 8.08. The van der Waals surface area contributed by atoms with Crippen molar-refractivity contribution in [2.75, 3.05) is 20.1 Å². The summed E-state index contributed by atoms with van der Waals surface area (Å²) in [4.78, 5) is 1.51. The average Bonchev–Trinajstić information content (AvgIpc) is 2.04. The summed E-state index contributed by atoms with van der Waals surface area (Å²) in [5, 5.41) is 0. The van der Waals surface area contributed by atoms with Crippen LogP contribution in [0.15, 0.2) is 12.7 Å². The zero-order chi connectivity index (χ0) is 7.78. The Morgan fingerprint density at radius 1 is 1.80 bits per heavy atom. The van der Waals surface area contributed by atoms with Gasteiger partial charge in [0.1, 0.15) is 0 Å². The fraction of sp³-hybridized carbons (Fsp3) is 0.750. The second kappa shape index (κ2) is 2.36. The van der Waals surface area contributed by atoms with Crippen LogP contribution in [0.2, 0.25) is 0 Å². The van der Waals surface area contributed by atoms with E-state index in [1.54, 1.807) is 0 Å². The second-order valence-corrected chi connectivity index (χ2v) is 3.69. The van der Waals surface area contributed by atoms with Crippen LogP contribution in [-0.4, -0.2) is 25.7 Å². The molecule has 3 atom stereocenters. The van der Waals surface area contributed by atoms with Gasteiger partial charge in [-0.2, -0.15) is 0 Å². The molecular weight excluding hydrogens is 124 g/mol. The molecule has 0 aliphatic carbocycles. The third-order valence-electron chi connectivity index (χ3n) is 2.38. The van der Waals surface area contributed by atoms with Crippen LogP contribution in [0, 0.1) is 5.92 Å². The zero-order valence-corrected chi connectivity index (χ0v) is 6.85. The van der Waals surface area contributed by atoms with Gasteiger partial charge in [0, 0.05) is 5.92 Å². The molecule has 0 radical (unpaired) electrons. The van der Waals surface area contributed by atoms with Crippen molar-refractivity contribution in [1.82, 2.24) is 0 Å². The van der Waals surface area contributed by atoms with E-state index < -0.39 is 0 Å². The smallest absolute Gasteiger partial charge is 0.0957 e. The molecule has 2 nitrogen and oxygen atoms in total. The van der Waals surface area contributed by atoms with Crippen LogP contribution in [0.3, 0.4) is 0 Å². The van der Waals surface area contributed by atoms with Gasteiger partial charge in [0.25, 0.3) is 0 Å². The van der Waals surface area contributed by atoms with E-state index >= 15 is 0 Å². The topological polar surface area (TPSA) is 30.5 Å². The molecule has 0 aromatic carbocycles. The van der Waals surface area contributed by atoms with Crippen molar-refractivity contribution in [3.63, 3.8) is 0 Å². The molecule has 0 amide bonds. The van der Waals surface area contributed by atoms with Crippen LogP contribution in [-0.2, 0) is 0 Å². The first-order valence-corrected chi connectivity index (χ1v) is 3.79. The summed E-state index contributed by atoms with van der Waals surface area (Å²) in [7, 11) is 2.18. The molecule has 1 aliphatic heterocycles. The van der Waals surface area contributed by atoms with Crippen LogP contribution in [0.25, 0.3) is 0 Å². The highest BCUT2D eigenvalue weighted by Gasteiger charge is 2.39. The van der Waals surface area contributed by atoms with Crippen LogP contribution in [0.5, 0.6) is 0 Å². The number of quaternary nitrogens is 1. The van der Waals surface area contributed by atoms with E-state index in [1.807, 2.05) is 6.08 Å². The molecule has 1 fully saturated rings. The van der Waals surface area contributed by atoms with Crippen molar-refractivity contribution in [2.45, 2.75) is 12.5 Å². The van der Waals surface area contributed by atoms with Crippen molar-refractivity contribution in [1.29, 1.82) is 0 Å². The quantitative estimate of drug-likeness (QED) is 0.452. The van der Waals surface area contributed by atoms with Crippen LogP contribution < -0.4 is 10.6 Å². The van der Waals surface area contributed by atoms with Crippen molar-refractivity contribution < 1.29 is 4.90 Å². The summed E-state index contributed by atoms with van der Waals surface area (Å²) >= 11 is 0. The lowest BCUT2D eigenvalue weighted by atomic mass is 9.91. The minimum absolute atomic E-state index is 0.0220. The van der Waals surface area contributed by atoms with Gasteiger partial charge in [0.05, 0.1) is 25.7 Å². The molecule has 0 aromatic rings. The number of rotatable bonds is 1. The third-order valence-corrected chi connectivity index (χ3v) is 2.38. The highest BCUT2D eigenvalue weighted by Crippen LogP contribution is 2.15. The van der Waals surface area contributed by atoms with Gasteiger partial charge in [-0.05, 0) is 6.92 Å². The second-order valence-electron chi connectivity index (χ2n) is 3.69. The highest BCUT2D eigenvalue weighted by molar-refractivity contribution is 4.98. The van der Waals surface area contributed by atoms with E-state index in [4.69, 9.17) is 5.73 Å². The molecule has 2 heteroatoms. The zero-order valence-electron chi connectivity index (χ0n) is 6.85. The molecule has 0 aromatic heterocycles. The molecule has 0 bridgehead atoms. The van der Waals surface area contributed by atoms with E-state index in [0.717, 1.165) is 13.1 Å². The largest absolute Gasteiger partial charge is 0.335 e. The van der Waals surface area contributed by atoms with Gasteiger partial charge < -0.3 is 10.6 Å². The predicted molar refractivity (Wildman–Crippen MR) is 42.9 cm³/mol. The van der Waals surface area contributed by atoms with Gasteiger partial charge in [-0.25, -0.2) is 0 Å². The molecule has 1 unspecified atom stereocenters. The third kappa shape index (κ3) is 1.22. The van der Waals surface area contributed by atoms with Crippen molar-refractivity contribution in [3.05, 3.63) is 12.7 Å². The Labute approximate surface area is 62.7 Å². The standard InChI is InChI=1S/C8H16N2/c1-4-7-5-10(3)6-8(7,2)9/h4,7H,1,5-6,9H2,2-3H3/p+1/t7-,8-/m1/s1. The summed E-state index contributed by atoms with van der Waals surface area (Å²) < 4.78 is 0. The Kier molecular flexibility index (Phi) is 1.84. The van der Waals surface area contributed by atoms with E-state index in [-0.39, 0.29) is 5.54 Å². The van der Waals surface area contributed by atoms with Gasteiger partial charge >= 0.3 is 0 Å². The normalized spacial score (nSPS) is 47.5. The average molecular weight is 141 g/mol. The lowest BCUT2D eigenvalue weighted by Gasteiger charge is -2.18. The number of hydrogen-bond acceptors (Lipinski definition) is 1. The Balaban J connectivity index is 2.67. The number of nitrogens with one attached hydrogen (secondary N) is 1. The molecule has 3 N–H and O–H groups in total. The molecule has 0 saturated carbocycles. The maximum atomic E-state index is 6.03. The fourth-order valence-electron chi connectivity index (χ4n) is 1.81. The van der Waals surface area contributed by atoms with Gasteiger partial charge in [-0.1, -0.05) is 6.08 Å². The molecule has 1 saturated heterocycles. The van der Waals surface area contributed by atoms with E-state index in [2.05, 4.69) is 20.6 Å². The summed E-state index contributed by atoms with van der Waals surface area (Å²) in [5.41, 5.74) is 6.01. The maximum Gasteiger partial charge on any atom is 0.0957 e. The number of hydrogen-bond donors (Lipinski definition) is 2. The Morgan fingerprint density at radius 3 is 2.60 bits per heavy atom. The summed E-state index contributed by atoms with van der Waals surface area (Å²) in [6, 6.07) is 0. The first-order valence-electron chi connectivity index (χ1n) is 3.79. The first-order chi connectivity index (χ1) is 4.56. The first kappa shape index (κ1) is 7.76. The molecule has 10 heavy (non-hydrogen) atoms. The molecule has 58 valence electrons. The van der Waals surface area contributed by atoms with Crippen molar-refractivity contribution in [2.24, 2.45) is 11.7 Å². The van der Waals surface area contributed by atoms with Gasteiger partial charge in [-0.15, -0.1) is 6.58 Å². The van der Waals surface area contributed by atoms with Gasteiger partial charge in [-0.3, -0.25) is 0 Å². The van der Waals surface area contributed by atoms with Crippen LogP contribution >= 0.6 is 0 Å². The van der Waals surface area contributed by atoms with E-state index in [9.17, 15) is 0 Å². The van der Waals surface area contributed by atoms with E-state index in [0.29, 0.717) is 5.92 Å². The molecule has 1 heterocycles.